The van der Waals surface area contributed by atoms with Gasteiger partial charge in [0.2, 0.25) is 5.60 Å². The molecule has 0 fully saturated rings. The maximum absolute atomic E-state index is 11.2. The van der Waals surface area contributed by atoms with Gasteiger partial charge in [0.15, 0.2) is 0 Å². The van der Waals surface area contributed by atoms with Gasteiger partial charge >= 0.3 is 5.97 Å². The number of aldehydes is 1. The monoisotopic (exact) mass is 252 g/mol. The van der Waals surface area contributed by atoms with Crippen molar-refractivity contribution in [1.29, 1.82) is 0 Å². The maximum atomic E-state index is 11.2. The normalized spacial score (nSPS) is 13.7. The van der Waals surface area contributed by atoms with E-state index in [4.69, 9.17) is 9.47 Å². The van der Waals surface area contributed by atoms with E-state index in [9.17, 15) is 14.7 Å². The van der Waals surface area contributed by atoms with Gasteiger partial charge in [-0.05, 0) is 19.1 Å². The molecular formula is C13H16O5. The smallest absolute Gasteiger partial charge is 0.347 e. The fourth-order valence-corrected chi connectivity index (χ4v) is 1.41. The van der Waals surface area contributed by atoms with Crippen molar-refractivity contribution in [1.82, 2.24) is 0 Å². The van der Waals surface area contributed by atoms with Crippen molar-refractivity contribution in [2.75, 3.05) is 13.7 Å². The Morgan fingerprint density at radius 2 is 2.22 bits per heavy atom. The van der Waals surface area contributed by atoms with Gasteiger partial charge in [-0.25, -0.2) is 4.79 Å². The molecule has 0 aliphatic carbocycles. The van der Waals surface area contributed by atoms with Crippen molar-refractivity contribution in [2.45, 2.75) is 18.9 Å². The highest BCUT2D eigenvalue weighted by atomic mass is 16.5. The molecule has 0 aromatic heterocycles. The molecule has 1 rings (SSSR count). The van der Waals surface area contributed by atoms with Gasteiger partial charge in [0.05, 0.1) is 6.61 Å². The highest BCUT2D eigenvalue weighted by Gasteiger charge is 2.35. The van der Waals surface area contributed by atoms with Crippen molar-refractivity contribution in [2.24, 2.45) is 0 Å². The van der Waals surface area contributed by atoms with E-state index in [1.54, 1.807) is 18.2 Å². The van der Waals surface area contributed by atoms with Gasteiger partial charge < -0.3 is 14.6 Å². The Morgan fingerprint density at radius 3 is 2.78 bits per heavy atom. The first-order valence-electron chi connectivity index (χ1n) is 5.48. The zero-order chi connectivity index (χ0) is 13.6. The lowest BCUT2D eigenvalue weighted by atomic mass is 10.0. The average Bonchev–Trinajstić information content (AvgIpc) is 2.36. The van der Waals surface area contributed by atoms with E-state index in [2.05, 4.69) is 0 Å². The molecule has 0 radical (unpaired) electrons. The predicted molar refractivity (Wildman–Crippen MR) is 65.0 cm³/mol. The van der Waals surface area contributed by atoms with Crippen molar-refractivity contribution < 1.29 is 24.2 Å². The zero-order valence-corrected chi connectivity index (χ0v) is 10.4. The molecular weight excluding hydrogens is 236 g/mol. The number of hydrogen-bond acceptors (Lipinski definition) is 4. The molecule has 0 aliphatic rings. The second-order valence-corrected chi connectivity index (χ2v) is 4.07. The molecule has 5 nitrogen and oxygen atoms in total. The number of aliphatic carboxylic acids is 1. The summed E-state index contributed by atoms with van der Waals surface area (Å²) in [6.45, 7) is 1.75. The Labute approximate surface area is 105 Å². The quantitative estimate of drug-likeness (QED) is 0.748. The standard InChI is InChI=1S/C13H16O5/c1-13(12(15)16,6-7-17-2)18-11-5-3-4-10(8-11)9-14/h3-5,8-9H,6-7H2,1-2H3,(H,15,16). The van der Waals surface area contributed by atoms with Crippen molar-refractivity contribution in [3.8, 4) is 5.75 Å². The molecule has 1 unspecified atom stereocenters. The molecule has 18 heavy (non-hydrogen) atoms. The highest BCUT2D eigenvalue weighted by molar-refractivity contribution is 5.78. The summed E-state index contributed by atoms with van der Waals surface area (Å²) >= 11 is 0. The van der Waals surface area contributed by atoms with E-state index in [1.807, 2.05) is 0 Å². The summed E-state index contributed by atoms with van der Waals surface area (Å²) in [4.78, 5) is 21.9. The van der Waals surface area contributed by atoms with Gasteiger partial charge in [-0.1, -0.05) is 12.1 Å². The third kappa shape index (κ3) is 3.56. The summed E-state index contributed by atoms with van der Waals surface area (Å²) in [5.41, 5.74) is -0.940. The second kappa shape index (κ2) is 6.16. The Morgan fingerprint density at radius 1 is 1.50 bits per heavy atom. The maximum Gasteiger partial charge on any atom is 0.347 e. The van der Waals surface area contributed by atoms with Crippen molar-refractivity contribution >= 4 is 12.3 Å². The van der Waals surface area contributed by atoms with Crippen molar-refractivity contribution in [3.05, 3.63) is 29.8 Å². The first-order chi connectivity index (χ1) is 8.51. The van der Waals surface area contributed by atoms with Crippen LogP contribution in [0.5, 0.6) is 5.75 Å². The number of carbonyl (C=O) groups is 2. The zero-order valence-electron chi connectivity index (χ0n) is 10.4. The lowest BCUT2D eigenvalue weighted by Gasteiger charge is -2.26. The molecule has 1 atom stereocenters. The fraction of sp³-hybridized carbons (Fsp3) is 0.385. The van der Waals surface area contributed by atoms with Crippen molar-refractivity contribution in [3.63, 3.8) is 0 Å². The van der Waals surface area contributed by atoms with Crippen LogP contribution in [0.2, 0.25) is 0 Å². The molecule has 5 heteroatoms. The summed E-state index contributed by atoms with van der Waals surface area (Å²) in [6, 6.07) is 6.37. The lowest BCUT2D eigenvalue weighted by Crippen LogP contribution is -2.42. The molecule has 0 saturated heterocycles. The van der Waals surface area contributed by atoms with E-state index in [0.717, 1.165) is 0 Å². The molecule has 0 spiro atoms. The molecule has 1 N–H and O–H groups in total. The highest BCUT2D eigenvalue weighted by Crippen LogP contribution is 2.22. The Hall–Kier alpha value is -1.88. The van der Waals surface area contributed by atoms with Crippen LogP contribution in [0.3, 0.4) is 0 Å². The van der Waals surface area contributed by atoms with Gasteiger partial charge in [-0.15, -0.1) is 0 Å². The number of benzene rings is 1. The molecule has 1 aromatic carbocycles. The minimum Gasteiger partial charge on any atom is -0.478 e. The molecule has 0 aliphatic heterocycles. The summed E-state index contributed by atoms with van der Waals surface area (Å²) in [5.74, 6) is -0.725. The Bertz CT molecular complexity index is 429. The van der Waals surface area contributed by atoms with Crippen LogP contribution in [0.15, 0.2) is 24.3 Å². The minimum atomic E-state index is -1.38. The number of rotatable bonds is 7. The SMILES string of the molecule is COCCC(C)(Oc1cccc(C=O)c1)C(=O)O. The molecule has 0 bridgehead atoms. The Balaban J connectivity index is 2.88. The molecule has 0 heterocycles. The van der Waals surface area contributed by atoms with E-state index in [-0.39, 0.29) is 13.0 Å². The fourth-order valence-electron chi connectivity index (χ4n) is 1.41. The van der Waals surface area contributed by atoms with Crippen LogP contribution in [0.1, 0.15) is 23.7 Å². The average molecular weight is 252 g/mol. The van der Waals surface area contributed by atoms with Gasteiger partial charge in [-0.3, -0.25) is 4.79 Å². The summed E-state index contributed by atoms with van der Waals surface area (Å²) < 4.78 is 10.3. The lowest BCUT2D eigenvalue weighted by molar-refractivity contribution is -0.155. The molecule has 0 saturated carbocycles. The van der Waals surface area contributed by atoms with Gasteiger partial charge in [0, 0.05) is 19.1 Å². The minimum absolute atomic E-state index is 0.212. The van der Waals surface area contributed by atoms with E-state index >= 15 is 0 Å². The van der Waals surface area contributed by atoms with Crippen LogP contribution >= 0.6 is 0 Å². The van der Waals surface area contributed by atoms with Crippen LogP contribution in [0.25, 0.3) is 0 Å². The van der Waals surface area contributed by atoms with Crippen LogP contribution < -0.4 is 4.74 Å². The topological polar surface area (TPSA) is 72.8 Å². The molecule has 1 aromatic rings. The Kier molecular flexibility index (Phi) is 4.85. The number of hydrogen-bond donors (Lipinski definition) is 1. The van der Waals surface area contributed by atoms with Crippen LogP contribution in [-0.2, 0) is 9.53 Å². The van der Waals surface area contributed by atoms with E-state index in [1.165, 1.54) is 20.1 Å². The summed E-state index contributed by atoms with van der Waals surface area (Å²) in [7, 11) is 1.50. The van der Waals surface area contributed by atoms with Crippen LogP contribution in [-0.4, -0.2) is 36.7 Å². The first kappa shape index (κ1) is 14.2. The molecule has 98 valence electrons. The van der Waals surface area contributed by atoms with Crippen LogP contribution in [0.4, 0.5) is 0 Å². The van der Waals surface area contributed by atoms with Gasteiger partial charge in [0.25, 0.3) is 0 Å². The number of ether oxygens (including phenoxy) is 2. The van der Waals surface area contributed by atoms with E-state index in [0.29, 0.717) is 17.6 Å². The third-order valence-corrected chi connectivity index (χ3v) is 2.57. The van der Waals surface area contributed by atoms with Gasteiger partial charge in [0.1, 0.15) is 12.0 Å². The first-order valence-corrected chi connectivity index (χ1v) is 5.48. The third-order valence-electron chi connectivity index (χ3n) is 2.57. The predicted octanol–water partition coefficient (Wildman–Crippen LogP) is 1.76. The summed E-state index contributed by atoms with van der Waals surface area (Å²) in [5, 5.41) is 9.20. The van der Waals surface area contributed by atoms with E-state index < -0.39 is 11.6 Å². The molecule has 0 amide bonds. The largest absolute Gasteiger partial charge is 0.478 e. The van der Waals surface area contributed by atoms with Crippen LogP contribution in [0, 0.1) is 0 Å². The van der Waals surface area contributed by atoms with Gasteiger partial charge in [-0.2, -0.15) is 0 Å². The number of carboxylic acids is 1. The number of carboxylic acid groups (broad SMARTS) is 1. The number of methoxy groups -OCH3 is 1. The number of carbonyl (C=O) groups excluding carboxylic acids is 1. The second-order valence-electron chi connectivity index (χ2n) is 4.07. The summed E-state index contributed by atoms with van der Waals surface area (Å²) in [6.07, 6.45) is 0.893.